The monoisotopic (exact) mass is 332 g/mol. The van der Waals surface area contributed by atoms with Crippen molar-refractivity contribution < 1.29 is 24.2 Å². The Hall–Kier alpha value is -1.88. The molecule has 1 heterocycles. The predicted molar refractivity (Wildman–Crippen MR) is 87.7 cm³/mol. The first-order valence-electron chi connectivity index (χ1n) is 8.34. The summed E-state index contributed by atoms with van der Waals surface area (Å²) in [4.78, 5) is 24.1. The smallest absolute Gasteiger partial charge is 0.334 e. The van der Waals surface area contributed by atoms with Gasteiger partial charge in [0.05, 0.1) is 12.0 Å². The summed E-state index contributed by atoms with van der Waals surface area (Å²) in [6, 6.07) is 0. The van der Waals surface area contributed by atoms with Crippen LogP contribution in [0.5, 0.6) is 0 Å². The number of carbonyl (C=O) groups excluding carboxylic acids is 2. The van der Waals surface area contributed by atoms with Gasteiger partial charge in [0.2, 0.25) is 0 Å². The van der Waals surface area contributed by atoms with Crippen LogP contribution in [0.1, 0.15) is 26.7 Å². The van der Waals surface area contributed by atoms with E-state index in [0.29, 0.717) is 24.0 Å². The van der Waals surface area contributed by atoms with E-state index in [-0.39, 0.29) is 17.8 Å². The van der Waals surface area contributed by atoms with Crippen molar-refractivity contribution >= 4 is 11.9 Å². The van der Waals surface area contributed by atoms with E-state index in [1.54, 1.807) is 6.92 Å². The van der Waals surface area contributed by atoms with Crippen LogP contribution < -0.4 is 0 Å². The topological polar surface area (TPSA) is 72.8 Å². The lowest BCUT2D eigenvalue weighted by Gasteiger charge is -2.30. The first-order valence-corrected chi connectivity index (χ1v) is 8.34. The molecule has 7 atom stereocenters. The maximum atomic E-state index is 12.1. The van der Waals surface area contributed by atoms with Gasteiger partial charge in [-0.3, -0.25) is 0 Å². The van der Waals surface area contributed by atoms with Gasteiger partial charge in [-0.1, -0.05) is 32.2 Å². The molecule has 0 spiro atoms. The Morgan fingerprint density at radius 1 is 1.38 bits per heavy atom. The van der Waals surface area contributed by atoms with Crippen LogP contribution in [0, 0.1) is 23.7 Å². The standard InChI is InChI=1S/C19H24O5/c1-8(2)18(21)23-14-6-9(3)12-7-13(20)10(4)15(12)17-16(14)11(5)19(22)24-17/h10,12-17,20H,1,3,5-7H2,2,4H3/t10-,12+,13+,14+,15+,16-,17-/m1/s1. The van der Waals surface area contributed by atoms with Crippen LogP contribution in [0.4, 0.5) is 0 Å². The molecule has 5 heteroatoms. The molecule has 0 amide bonds. The zero-order valence-electron chi connectivity index (χ0n) is 14.2. The van der Waals surface area contributed by atoms with Crippen LogP contribution in [0.25, 0.3) is 0 Å². The highest BCUT2D eigenvalue weighted by Crippen LogP contribution is 2.53. The van der Waals surface area contributed by atoms with E-state index in [4.69, 9.17) is 9.47 Å². The molecule has 0 aromatic carbocycles. The number of ether oxygens (including phenoxy) is 2. The minimum Gasteiger partial charge on any atom is -0.458 e. The third-order valence-corrected chi connectivity index (χ3v) is 5.81. The van der Waals surface area contributed by atoms with Crippen molar-refractivity contribution in [1.29, 1.82) is 0 Å². The molecule has 5 nitrogen and oxygen atoms in total. The van der Waals surface area contributed by atoms with Gasteiger partial charge in [0.1, 0.15) is 12.2 Å². The number of hydrogen-bond donors (Lipinski definition) is 1. The minimum absolute atomic E-state index is 0.0199. The number of fused-ring (bicyclic) bond motifs is 3. The Morgan fingerprint density at radius 3 is 2.67 bits per heavy atom. The summed E-state index contributed by atoms with van der Waals surface area (Å²) in [5, 5.41) is 10.3. The fourth-order valence-corrected chi connectivity index (χ4v) is 4.47. The van der Waals surface area contributed by atoms with Gasteiger partial charge in [-0.15, -0.1) is 0 Å². The van der Waals surface area contributed by atoms with Crippen LogP contribution in [-0.2, 0) is 19.1 Å². The van der Waals surface area contributed by atoms with E-state index in [9.17, 15) is 14.7 Å². The van der Waals surface area contributed by atoms with Crippen molar-refractivity contribution in [2.24, 2.45) is 23.7 Å². The summed E-state index contributed by atoms with van der Waals surface area (Å²) in [6.07, 6.45) is -0.389. The molecule has 1 aliphatic heterocycles. The van der Waals surface area contributed by atoms with E-state index >= 15 is 0 Å². The first-order chi connectivity index (χ1) is 11.2. The second-order valence-corrected chi connectivity index (χ2v) is 7.35. The lowest BCUT2D eigenvalue weighted by molar-refractivity contribution is -0.149. The van der Waals surface area contributed by atoms with Gasteiger partial charge in [-0.25, -0.2) is 9.59 Å². The summed E-state index contributed by atoms with van der Waals surface area (Å²) >= 11 is 0. The SMILES string of the molecule is C=C(C)C(=O)O[C@H]1CC(=C)[C@@H]2C[C@H](O)[C@@H](C)[C@@H]2[C@H]2OC(=O)C(=C)[C@@H]21. The average Bonchev–Trinajstić information content (AvgIpc) is 2.92. The van der Waals surface area contributed by atoms with Crippen LogP contribution in [-0.4, -0.2) is 35.4 Å². The summed E-state index contributed by atoms with van der Waals surface area (Å²) in [5.41, 5.74) is 1.57. The van der Waals surface area contributed by atoms with E-state index in [0.717, 1.165) is 5.57 Å². The van der Waals surface area contributed by atoms with Crippen LogP contribution in [0.3, 0.4) is 0 Å². The summed E-state index contributed by atoms with van der Waals surface area (Å²) in [7, 11) is 0. The zero-order valence-corrected chi connectivity index (χ0v) is 14.2. The molecule has 24 heavy (non-hydrogen) atoms. The normalized spacial score (nSPS) is 41.3. The van der Waals surface area contributed by atoms with Gasteiger partial charge in [-0.05, 0) is 25.2 Å². The highest BCUT2D eigenvalue weighted by atomic mass is 16.6. The summed E-state index contributed by atoms with van der Waals surface area (Å²) in [5.74, 6) is -1.34. The van der Waals surface area contributed by atoms with Crippen molar-refractivity contribution in [2.75, 3.05) is 0 Å². The van der Waals surface area contributed by atoms with Gasteiger partial charge in [0, 0.05) is 23.5 Å². The molecular formula is C19H24O5. The largest absolute Gasteiger partial charge is 0.458 e. The van der Waals surface area contributed by atoms with Gasteiger partial charge in [0.15, 0.2) is 0 Å². The van der Waals surface area contributed by atoms with E-state index in [2.05, 4.69) is 19.7 Å². The van der Waals surface area contributed by atoms with Crippen molar-refractivity contribution in [2.45, 2.75) is 45.0 Å². The number of rotatable bonds is 2. The first kappa shape index (κ1) is 17.0. The van der Waals surface area contributed by atoms with Gasteiger partial charge < -0.3 is 14.6 Å². The average molecular weight is 332 g/mol. The second-order valence-electron chi connectivity index (χ2n) is 7.35. The molecule has 2 aliphatic carbocycles. The highest BCUT2D eigenvalue weighted by Gasteiger charge is 2.57. The summed E-state index contributed by atoms with van der Waals surface area (Å²) < 4.78 is 11.2. The number of aliphatic hydroxyl groups excluding tert-OH is 1. The molecule has 1 N–H and O–H groups in total. The highest BCUT2D eigenvalue weighted by molar-refractivity contribution is 5.91. The molecule has 1 saturated heterocycles. The molecule has 0 aromatic heterocycles. The minimum atomic E-state index is -0.541. The molecule has 130 valence electrons. The number of hydrogen-bond acceptors (Lipinski definition) is 5. The molecule has 0 radical (unpaired) electrons. The molecule has 2 saturated carbocycles. The molecule has 3 fully saturated rings. The predicted octanol–water partition coefficient (Wildman–Crippen LogP) is 2.17. The maximum Gasteiger partial charge on any atom is 0.334 e. The number of carbonyl (C=O) groups is 2. The Kier molecular flexibility index (Phi) is 4.16. The second kappa shape index (κ2) is 5.88. The molecule has 3 aliphatic rings. The molecular weight excluding hydrogens is 308 g/mol. The fourth-order valence-electron chi connectivity index (χ4n) is 4.47. The van der Waals surface area contributed by atoms with Crippen LogP contribution in [0.2, 0.25) is 0 Å². The van der Waals surface area contributed by atoms with Crippen molar-refractivity contribution in [3.05, 3.63) is 36.5 Å². The number of aliphatic hydroxyl groups is 1. The maximum absolute atomic E-state index is 12.1. The van der Waals surface area contributed by atoms with E-state index < -0.39 is 36.2 Å². The Bertz CT molecular complexity index is 634. The molecule has 3 rings (SSSR count). The molecule has 0 unspecified atom stereocenters. The van der Waals surface area contributed by atoms with Crippen molar-refractivity contribution in [3.63, 3.8) is 0 Å². The Balaban J connectivity index is 1.98. The Labute approximate surface area is 142 Å². The van der Waals surface area contributed by atoms with Gasteiger partial charge in [-0.2, -0.15) is 0 Å². The van der Waals surface area contributed by atoms with Gasteiger partial charge in [0.25, 0.3) is 0 Å². The zero-order chi connectivity index (χ0) is 17.8. The Morgan fingerprint density at radius 2 is 2.04 bits per heavy atom. The van der Waals surface area contributed by atoms with Crippen LogP contribution in [0.15, 0.2) is 36.5 Å². The van der Waals surface area contributed by atoms with Gasteiger partial charge >= 0.3 is 11.9 Å². The third-order valence-electron chi connectivity index (χ3n) is 5.81. The number of esters is 2. The third kappa shape index (κ3) is 2.51. The molecule has 0 aromatic rings. The lowest BCUT2D eigenvalue weighted by atomic mass is 9.79. The quantitative estimate of drug-likeness (QED) is 0.477. The van der Waals surface area contributed by atoms with Crippen molar-refractivity contribution in [1.82, 2.24) is 0 Å². The van der Waals surface area contributed by atoms with E-state index in [1.807, 2.05) is 6.92 Å². The summed E-state index contributed by atoms with van der Waals surface area (Å²) in [6.45, 7) is 15.2. The lowest BCUT2D eigenvalue weighted by Crippen LogP contribution is -2.38. The van der Waals surface area contributed by atoms with Crippen molar-refractivity contribution in [3.8, 4) is 0 Å². The molecule has 0 bridgehead atoms. The van der Waals surface area contributed by atoms with Crippen LogP contribution >= 0.6 is 0 Å². The fraction of sp³-hybridized carbons (Fsp3) is 0.579. The van der Waals surface area contributed by atoms with E-state index in [1.165, 1.54) is 0 Å².